The summed E-state index contributed by atoms with van der Waals surface area (Å²) in [6.07, 6.45) is 2.83. The summed E-state index contributed by atoms with van der Waals surface area (Å²) in [5.41, 5.74) is 6.90. The zero-order valence-corrected chi connectivity index (χ0v) is 10.8. The summed E-state index contributed by atoms with van der Waals surface area (Å²) >= 11 is 0. The molecule has 2 rings (SSSR count). The molecule has 0 aliphatic carbocycles. The molecule has 0 atom stereocenters. The van der Waals surface area contributed by atoms with E-state index in [0.29, 0.717) is 35.1 Å². The maximum absolute atomic E-state index is 11.3. The number of rotatable bonds is 4. The highest BCUT2D eigenvalue weighted by Crippen LogP contribution is 2.46. The van der Waals surface area contributed by atoms with Crippen LogP contribution in [0.2, 0.25) is 0 Å². The molecule has 0 aromatic heterocycles. The number of hydrogen-bond acceptors (Lipinski definition) is 6. The van der Waals surface area contributed by atoms with E-state index in [1.165, 1.54) is 19.3 Å². The molecular formula is C13H15NO5. The molecule has 19 heavy (non-hydrogen) atoms. The molecule has 0 amide bonds. The van der Waals surface area contributed by atoms with Crippen LogP contribution < -0.4 is 19.9 Å². The van der Waals surface area contributed by atoms with E-state index in [2.05, 4.69) is 0 Å². The van der Waals surface area contributed by atoms with Gasteiger partial charge in [-0.05, 0) is 13.0 Å². The predicted molar refractivity (Wildman–Crippen MR) is 69.2 cm³/mol. The van der Waals surface area contributed by atoms with Gasteiger partial charge >= 0.3 is 5.97 Å². The molecule has 0 unspecified atom stereocenters. The molecule has 1 aliphatic rings. The van der Waals surface area contributed by atoms with Crippen LogP contribution >= 0.6 is 0 Å². The van der Waals surface area contributed by atoms with Crippen molar-refractivity contribution in [1.29, 1.82) is 0 Å². The Morgan fingerprint density at radius 3 is 3.00 bits per heavy atom. The molecule has 1 aromatic carbocycles. The van der Waals surface area contributed by atoms with Crippen LogP contribution in [-0.4, -0.2) is 26.5 Å². The lowest BCUT2D eigenvalue weighted by molar-refractivity contribution is -0.137. The fraction of sp³-hybridized carbons (Fsp3) is 0.308. The van der Waals surface area contributed by atoms with E-state index < -0.39 is 5.97 Å². The highest BCUT2D eigenvalue weighted by molar-refractivity contribution is 5.90. The Morgan fingerprint density at radius 1 is 1.53 bits per heavy atom. The Balaban J connectivity index is 2.37. The third-order valence-electron chi connectivity index (χ3n) is 2.57. The number of hydrogen-bond donors (Lipinski definition) is 1. The minimum atomic E-state index is -0.443. The van der Waals surface area contributed by atoms with Gasteiger partial charge in [0, 0.05) is 23.4 Å². The summed E-state index contributed by atoms with van der Waals surface area (Å²) in [6.45, 7) is 2.17. The molecule has 102 valence electrons. The Kier molecular flexibility index (Phi) is 3.79. The van der Waals surface area contributed by atoms with Crippen LogP contribution in [0.1, 0.15) is 12.5 Å². The number of benzene rings is 1. The monoisotopic (exact) mass is 265 g/mol. The number of nitrogens with two attached hydrogens (primary N) is 1. The first-order valence-corrected chi connectivity index (χ1v) is 5.78. The van der Waals surface area contributed by atoms with E-state index in [0.717, 1.165) is 0 Å². The molecule has 2 N–H and O–H groups in total. The Morgan fingerprint density at radius 2 is 2.32 bits per heavy atom. The Hall–Kier alpha value is -2.37. The van der Waals surface area contributed by atoms with Crippen molar-refractivity contribution in [3.8, 4) is 17.2 Å². The van der Waals surface area contributed by atoms with Gasteiger partial charge in [-0.25, -0.2) is 4.79 Å². The molecule has 1 aliphatic heterocycles. The minimum Gasteiger partial charge on any atom is -0.492 e. The average Bonchev–Trinajstić information content (AvgIpc) is 2.83. The molecule has 0 saturated carbocycles. The fourth-order valence-electron chi connectivity index (χ4n) is 1.76. The van der Waals surface area contributed by atoms with Gasteiger partial charge in [-0.2, -0.15) is 0 Å². The van der Waals surface area contributed by atoms with Crippen LogP contribution in [0.15, 0.2) is 12.1 Å². The van der Waals surface area contributed by atoms with Crippen LogP contribution in [0.3, 0.4) is 0 Å². The molecule has 1 heterocycles. The fourth-order valence-corrected chi connectivity index (χ4v) is 1.76. The summed E-state index contributed by atoms with van der Waals surface area (Å²) in [6, 6.07) is 1.63. The first-order valence-electron chi connectivity index (χ1n) is 5.78. The van der Waals surface area contributed by atoms with Crippen molar-refractivity contribution in [2.75, 3.05) is 26.2 Å². The maximum atomic E-state index is 11.3. The highest BCUT2D eigenvalue weighted by atomic mass is 16.7. The van der Waals surface area contributed by atoms with Gasteiger partial charge in [0.1, 0.15) is 0 Å². The highest BCUT2D eigenvalue weighted by Gasteiger charge is 2.23. The van der Waals surface area contributed by atoms with Gasteiger partial charge in [0.15, 0.2) is 11.5 Å². The molecule has 6 nitrogen and oxygen atoms in total. The van der Waals surface area contributed by atoms with Crippen molar-refractivity contribution in [3.05, 3.63) is 17.7 Å². The molecule has 0 saturated heterocycles. The summed E-state index contributed by atoms with van der Waals surface area (Å²) in [7, 11) is 1.50. The van der Waals surface area contributed by atoms with Crippen molar-refractivity contribution in [2.24, 2.45) is 0 Å². The number of anilines is 1. The van der Waals surface area contributed by atoms with Crippen molar-refractivity contribution < 1.29 is 23.7 Å². The van der Waals surface area contributed by atoms with E-state index in [4.69, 9.17) is 24.7 Å². The van der Waals surface area contributed by atoms with E-state index in [9.17, 15) is 4.79 Å². The van der Waals surface area contributed by atoms with Gasteiger partial charge in [0.05, 0.1) is 13.7 Å². The van der Waals surface area contributed by atoms with Crippen LogP contribution in [0.4, 0.5) is 5.69 Å². The lowest BCUT2D eigenvalue weighted by atomic mass is 10.1. The summed E-state index contributed by atoms with van der Waals surface area (Å²) in [5, 5.41) is 0. The zero-order valence-electron chi connectivity index (χ0n) is 10.8. The van der Waals surface area contributed by atoms with Crippen LogP contribution in [0, 0.1) is 0 Å². The first-order chi connectivity index (χ1) is 9.17. The van der Waals surface area contributed by atoms with E-state index in [-0.39, 0.29) is 6.79 Å². The second-order valence-corrected chi connectivity index (χ2v) is 3.73. The van der Waals surface area contributed by atoms with E-state index in [1.54, 1.807) is 13.0 Å². The molecule has 6 heteroatoms. The van der Waals surface area contributed by atoms with Gasteiger partial charge in [0.25, 0.3) is 0 Å². The molecule has 0 radical (unpaired) electrons. The third-order valence-corrected chi connectivity index (χ3v) is 2.57. The number of fused-ring (bicyclic) bond motifs is 1. The van der Waals surface area contributed by atoms with Crippen LogP contribution in [0.25, 0.3) is 6.08 Å². The van der Waals surface area contributed by atoms with Crippen LogP contribution in [0.5, 0.6) is 17.2 Å². The number of esters is 1. The standard InChI is InChI=1S/C13H15NO5/c1-3-17-11(15)5-4-8-9(14)6-10-13(12(8)16-2)19-7-18-10/h4-6H,3,7,14H2,1-2H3/b5-4+. The van der Waals surface area contributed by atoms with Gasteiger partial charge in [-0.3, -0.25) is 0 Å². The lowest BCUT2D eigenvalue weighted by Crippen LogP contribution is -2.00. The van der Waals surface area contributed by atoms with Crippen molar-refractivity contribution >= 4 is 17.7 Å². The number of nitrogen functional groups attached to an aromatic ring is 1. The van der Waals surface area contributed by atoms with E-state index >= 15 is 0 Å². The van der Waals surface area contributed by atoms with Crippen LogP contribution in [-0.2, 0) is 9.53 Å². The number of carbonyl (C=O) groups excluding carboxylic acids is 1. The van der Waals surface area contributed by atoms with Crippen molar-refractivity contribution in [3.63, 3.8) is 0 Å². The average molecular weight is 265 g/mol. The number of methoxy groups -OCH3 is 1. The number of carbonyl (C=O) groups is 1. The number of ether oxygens (including phenoxy) is 4. The topological polar surface area (TPSA) is 80.0 Å². The van der Waals surface area contributed by atoms with Gasteiger partial charge < -0.3 is 24.7 Å². The first kappa shape index (κ1) is 13.1. The molecule has 0 bridgehead atoms. The summed E-state index contributed by atoms with van der Waals surface area (Å²) in [4.78, 5) is 11.3. The second kappa shape index (κ2) is 5.51. The van der Waals surface area contributed by atoms with E-state index in [1.807, 2.05) is 0 Å². The molecule has 1 aromatic rings. The third kappa shape index (κ3) is 2.57. The normalized spacial score (nSPS) is 12.7. The minimum absolute atomic E-state index is 0.121. The Bertz CT molecular complexity index is 524. The summed E-state index contributed by atoms with van der Waals surface area (Å²) in [5.74, 6) is 1.01. The van der Waals surface area contributed by atoms with Crippen molar-refractivity contribution in [2.45, 2.75) is 6.92 Å². The lowest BCUT2D eigenvalue weighted by Gasteiger charge is -2.10. The van der Waals surface area contributed by atoms with Gasteiger partial charge in [-0.1, -0.05) is 0 Å². The molecule has 0 fully saturated rings. The summed E-state index contributed by atoms with van der Waals surface area (Å²) < 4.78 is 20.6. The van der Waals surface area contributed by atoms with Crippen molar-refractivity contribution in [1.82, 2.24) is 0 Å². The molecule has 0 spiro atoms. The zero-order chi connectivity index (χ0) is 13.8. The van der Waals surface area contributed by atoms with Gasteiger partial charge in [-0.15, -0.1) is 0 Å². The molecular weight excluding hydrogens is 250 g/mol. The predicted octanol–water partition coefficient (Wildman–Crippen LogP) is 1.58. The quantitative estimate of drug-likeness (QED) is 0.506. The Labute approximate surface area is 110 Å². The smallest absolute Gasteiger partial charge is 0.330 e. The second-order valence-electron chi connectivity index (χ2n) is 3.73. The maximum Gasteiger partial charge on any atom is 0.330 e. The van der Waals surface area contributed by atoms with Gasteiger partial charge in [0.2, 0.25) is 12.5 Å². The largest absolute Gasteiger partial charge is 0.492 e. The SMILES string of the molecule is CCOC(=O)/C=C/c1c(N)cc2c(c1OC)OCO2.